The summed E-state index contributed by atoms with van der Waals surface area (Å²) in [6, 6.07) is 4.19. The maximum atomic E-state index is 11.7. The van der Waals surface area contributed by atoms with Crippen LogP contribution in [0.4, 0.5) is 0 Å². The van der Waals surface area contributed by atoms with Crippen LogP contribution in [0.1, 0.15) is 36.2 Å². The number of hydrogen-bond donors (Lipinski definition) is 1. The minimum atomic E-state index is -0.809. The van der Waals surface area contributed by atoms with Crippen molar-refractivity contribution in [1.29, 1.82) is 0 Å². The quantitative estimate of drug-likeness (QED) is 0.901. The molecule has 2 fully saturated rings. The van der Waals surface area contributed by atoms with Gasteiger partial charge >= 0.3 is 0 Å². The summed E-state index contributed by atoms with van der Waals surface area (Å²) in [6.07, 6.45) is 7.03. The van der Waals surface area contributed by atoms with Crippen LogP contribution in [-0.2, 0) is 19.2 Å². The SMILES string of the molecule is Cc1cc2c(cc1CN1C[C@H]3CCC[C@@H](C1)C3(O)c1nccn1C)OCO2. The van der Waals surface area contributed by atoms with Crippen molar-refractivity contribution >= 4 is 0 Å². The van der Waals surface area contributed by atoms with Gasteiger partial charge in [0.1, 0.15) is 11.4 Å². The van der Waals surface area contributed by atoms with Gasteiger partial charge in [0, 0.05) is 50.9 Å². The number of aryl methyl sites for hydroxylation is 2. The fourth-order valence-electron chi connectivity index (χ4n) is 5.29. The number of imidazole rings is 1. The van der Waals surface area contributed by atoms with Crippen molar-refractivity contribution in [2.24, 2.45) is 18.9 Å². The van der Waals surface area contributed by atoms with Crippen LogP contribution in [0, 0.1) is 18.8 Å². The molecule has 1 aromatic carbocycles. The number of hydrogen-bond acceptors (Lipinski definition) is 5. The summed E-state index contributed by atoms with van der Waals surface area (Å²) in [7, 11) is 1.98. The van der Waals surface area contributed by atoms with Gasteiger partial charge in [-0.1, -0.05) is 6.42 Å². The fraction of sp³-hybridized carbons (Fsp3) is 0.571. The lowest BCUT2D eigenvalue weighted by molar-refractivity contribution is -0.155. The summed E-state index contributed by atoms with van der Waals surface area (Å²) in [4.78, 5) is 7.02. The van der Waals surface area contributed by atoms with Gasteiger partial charge in [-0.15, -0.1) is 0 Å². The molecule has 6 nitrogen and oxygen atoms in total. The lowest BCUT2D eigenvalue weighted by Gasteiger charge is -2.52. The molecule has 27 heavy (non-hydrogen) atoms. The Morgan fingerprint density at radius 1 is 1.19 bits per heavy atom. The van der Waals surface area contributed by atoms with Gasteiger partial charge in [-0.2, -0.15) is 0 Å². The number of nitrogens with zero attached hydrogens (tertiary/aromatic N) is 3. The van der Waals surface area contributed by atoms with E-state index in [0.29, 0.717) is 6.79 Å². The van der Waals surface area contributed by atoms with Gasteiger partial charge in [0.25, 0.3) is 0 Å². The summed E-state index contributed by atoms with van der Waals surface area (Å²) in [6.45, 7) is 5.11. The third-order valence-corrected chi connectivity index (χ3v) is 6.71. The van der Waals surface area contributed by atoms with Crippen LogP contribution >= 0.6 is 0 Å². The van der Waals surface area contributed by atoms with E-state index in [9.17, 15) is 5.11 Å². The zero-order valence-corrected chi connectivity index (χ0v) is 16.0. The topological polar surface area (TPSA) is 59.8 Å². The Kier molecular flexibility index (Phi) is 3.95. The molecular weight excluding hydrogens is 342 g/mol. The van der Waals surface area contributed by atoms with E-state index in [4.69, 9.17) is 9.47 Å². The van der Waals surface area contributed by atoms with Crippen LogP contribution in [0.25, 0.3) is 0 Å². The van der Waals surface area contributed by atoms with E-state index in [1.54, 1.807) is 6.20 Å². The monoisotopic (exact) mass is 369 g/mol. The van der Waals surface area contributed by atoms with Gasteiger partial charge < -0.3 is 19.1 Å². The predicted molar refractivity (Wildman–Crippen MR) is 101 cm³/mol. The first-order valence-corrected chi connectivity index (χ1v) is 9.87. The van der Waals surface area contributed by atoms with Crippen molar-refractivity contribution in [2.45, 2.75) is 38.3 Å². The molecule has 0 spiro atoms. The number of benzene rings is 1. The number of fused-ring (bicyclic) bond motifs is 3. The number of aromatic nitrogens is 2. The van der Waals surface area contributed by atoms with E-state index in [0.717, 1.165) is 49.8 Å². The number of ether oxygens (including phenoxy) is 2. The smallest absolute Gasteiger partial charge is 0.231 e. The standard InChI is InChI=1S/C21H27N3O3/c1-14-8-18-19(27-13-26-18)9-15(14)10-24-11-16-4-3-5-17(12-24)21(16,25)20-22-6-7-23(20)2/h6-9,16-17,25H,3-5,10-13H2,1-2H3/t16-,17+,21?. The molecule has 2 bridgehead atoms. The lowest BCUT2D eigenvalue weighted by Crippen LogP contribution is -2.58. The molecule has 1 aliphatic carbocycles. The zero-order chi connectivity index (χ0) is 18.6. The molecule has 1 saturated heterocycles. The van der Waals surface area contributed by atoms with Gasteiger partial charge in [0.2, 0.25) is 6.79 Å². The van der Waals surface area contributed by atoms with Crippen LogP contribution in [0.3, 0.4) is 0 Å². The second-order valence-electron chi connectivity index (χ2n) is 8.34. The van der Waals surface area contributed by atoms with E-state index in [1.807, 2.05) is 17.8 Å². The zero-order valence-electron chi connectivity index (χ0n) is 16.0. The molecule has 2 aliphatic heterocycles. The number of piperidine rings is 1. The molecular formula is C21H27N3O3. The largest absolute Gasteiger partial charge is 0.454 e. The van der Waals surface area contributed by atoms with E-state index in [2.05, 4.69) is 28.9 Å². The molecule has 5 rings (SSSR count). The molecule has 0 amide bonds. The highest BCUT2D eigenvalue weighted by atomic mass is 16.7. The Morgan fingerprint density at radius 3 is 2.56 bits per heavy atom. The molecule has 144 valence electrons. The van der Waals surface area contributed by atoms with Crippen LogP contribution < -0.4 is 9.47 Å². The minimum absolute atomic E-state index is 0.223. The van der Waals surface area contributed by atoms with E-state index < -0.39 is 5.60 Å². The highest BCUT2D eigenvalue weighted by Crippen LogP contribution is 2.49. The Labute approximate surface area is 159 Å². The van der Waals surface area contributed by atoms with Crippen molar-refractivity contribution in [3.05, 3.63) is 41.5 Å². The first-order valence-electron chi connectivity index (χ1n) is 9.87. The Balaban J connectivity index is 1.40. The number of likely N-dealkylation sites (tertiary alicyclic amines) is 1. The number of rotatable bonds is 3. The Hall–Kier alpha value is -2.05. The van der Waals surface area contributed by atoms with Crippen molar-refractivity contribution in [3.63, 3.8) is 0 Å². The molecule has 0 radical (unpaired) electrons. The lowest BCUT2D eigenvalue weighted by atomic mass is 9.65. The van der Waals surface area contributed by atoms with Crippen LogP contribution in [-0.4, -0.2) is 39.4 Å². The molecule has 3 atom stereocenters. The van der Waals surface area contributed by atoms with E-state index >= 15 is 0 Å². The summed E-state index contributed by atoms with van der Waals surface area (Å²) < 4.78 is 13.0. The normalized spacial score (nSPS) is 29.9. The molecule has 1 unspecified atom stereocenters. The Morgan fingerprint density at radius 2 is 1.89 bits per heavy atom. The molecule has 1 aromatic heterocycles. The summed E-state index contributed by atoms with van der Waals surface area (Å²) in [5.41, 5.74) is 1.70. The van der Waals surface area contributed by atoms with E-state index in [1.165, 1.54) is 17.5 Å². The van der Waals surface area contributed by atoms with Gasteiger partial charge in [-0.25, -0.2) is 4.98 Å². The molecule has 6 heteroatoms. The molecule has 3 heterocycles. The fourth-order valence-corrected chi connectivity index (χ4v) is 5.29. The average molecular weight is 369 g/mol. The van der Waals surface area contributed by atoms with Gasteiger partial charge in [-0.05, 0) is 43.0 Å². The van der Waals surface area contributed by atoms with Gasteiger partial charge in [0.05, 0.1) is 0 Å². The molecule has 1 N–H and O–H groups in total. The van der Waals surface area contributed by atoms with Crippen molar-refractivity contribution in [1.82, 2.24) is 14.5 Å². The van der Waals surface area contributed by atoms with Gasteiger partial charge in [-0.3, -0.25) is 4.90 Å². The maximum absolute atomic E-state index is 11.7. The third kappa shape index (κ3) is 2.65. The van der Waals surface area contributed by atoms with Crippen LogP contribution in [0.15, 0.2) is 24.5 Å². The molecule has 2 aromatic rings. The first-order chi connectivity index (χ1) is 13.1. The average Bonchev–Trinajstić information content (AvgIpc) is 3.24. The van der Waals surface area contributed by atoms with Crippen LogP contribution in [0.5, 0.6) is 11.5 Å². The van der Waals surface area contributed by atoms with Crippen molar-refractivity contribution < 1.29 is 14.6 Å². The highest BCUT2D eigenvalue weighted by Gasteiger charge is 2.53. The van der Waals surface area contributed by atoms with Crippen LogP contribution in [0.2, 0.25) is 0 Å². The first kappa shape index (κ1) is 17.1. The van der Waals surface area contributed by atoms with Crippen molar-refractivity contribution in [3.8, 4) is 11.5 Å². The highest BCUT2D eigenvalue weighted by molar-refractivity contribution is 5.48. The molecule has 3 aliphatic rings. The number of aliphatic hydroxyl groups is 1. The molecule has 1 saturated carbocycles. The van der Waals surface area contributed by atoms with Crippen molar-refractivity contribution in [2.75, 3.05) is 19.9 Å². The summed E-state index contributed by atoms with van der Waals surface area (Å²) >= 11 is 0. The second kappa shape index (κ2) is 6.24. The second-order valence-corrected chi connectivity index (χ2v) is 8.34. The van der Waals surface area contributed by atoms with E-state index in [-0.39, 0.29) is 11.8 Å². The minimum Gasteiger partial charge on any atom is -0.454 e. The Bertz CT molecular complexity index is 848. The predicted octanol–water partition coefficient (Wildman–Crippen LogP) is 2.58. The third-order valence-electron chi connectivity index (χ3n) is 6.71. The van der Waals surface area contributed by atoms with Gasteiger partial charge in [0.15, 0.2) is 11.5 Å². The maximum Gasteiger partial charge on any atom is 0.231 e. The summed E-state index contributed by atoms with van der Waals surface area (Å²) in [5, 5.41) is 11.7. The summed E-state index contributed by atoms with van der Waals surface area (Å²) in [5.74, 6) is 2.96.